The predicted molar refractivity (Wildman–Crippen MR) is 49.9 cm³/mol. The van der Waals surface area contributed by atoms with Gasteiger partial charge in [0.2, 0.25) is 6.29 Å². The minimum atomic E-state index is -0.0556. The van der Waals surface area contributed by atoms with Crippen molar-refractivity contribution in [2.24, 2.45) is 0 Å². The van der Waals surface area contributed by atoms with E-state index in [0.717, 1.165) is 11.0 Å². The topological polar surface area (TPSA) is 18.5 Å². The highest BCUT2D eigenvalue weighted by molar-refractivity contribution is 4.40. The number of nitrogens with zero attached hydrogens (tertiary/aromatic N) is 1. The van der Waals surface area contributed by atoms with Gasteiger partial charge in [-0.25, -0.2) is 0 Å². The van der Waals surface area contributed by atoms with E-state index in [0.29, 0.717) is 13.2 Å². The number of quaternary nitrogens is 1. The molecule has 0 aliphatic heterocycles. The summed E-state index contributed by atoms with van der Waals surface area (Å²) >= 11 is 0. The summed E-state index contributed by atoms with van der Waals surface area (Å²) in [6, 6.07) is 0. The molecule has 0 rings (SSSR count). The van der Waals surface area contributed by atoms with E-state index < -0.39 is 0 Å². The van der Waals surface area contributed by atoms with Crippen molar-refractivity contribution >= 4 is 0 Å². The average molecular weight is 256 g/mol. The SMILES string of the molecule is CCOC(C[N+](C)(C)C)OCC.[Br-]. The molecule has 0 heterocycles. The quantitative estimate of drug-likeness (QED) is 0.408. The van der Waals surface area contributed by atoms with Crippen LogP contribution in [0.15, 0.2) is 0 Å². The molecule has 0 bridgehead atoms. The Labute approximate surface area is 92.4 Å². The molecule has 0 atom stereocenters. The third kappa shape index (κ3) is 10.3. The molecule has 0 aromatic heterocycles. The second kappa shape index (κ2) is 7.74. The van der Waals surface area contributed by atoms with Gasteiger partial charge in [-0.3, -0.25) is 0 Å². The molecule has 0 aliphatic rings. The number of hydrogen-bond acceptors (Lipinski definition) is 2. The number of hydrogen-bond donors (Lipinski definition) is 0. The van der Waals surface area contributed by atoms with Crippen LogP contribution in [0.3, 0.4) is 0 Å². The summed E-state index contributed by atoms with van der Waals surface area (Å²) in [5.74, 6) is 0. The first-order valence-corrected chi connectivity index (χ1v) is 4.53. The Morgan fingerprint density at radius 3 is 1.62 bits per heavy atom. The molecule has 0 unspecified atom stereocenters. The Morgan fingerprint density at radius 1 is 1.00 bits per heavy atom. The molecule has 0 fully saturated rings. The Balaban J connectivity index is 0. The van der Waals surface area contributed by atoms with E-state index in [4.69, 9.17) is 9.47 Å². The van der Waals surface area contributed by atoms with Crippen LogP contribution < -0.4 is 17.0 Å². The second-order valence-corrected chi connectivity index (χ2v) is 3.81. The zero-order valence-electron chi connectivity index (χ0n) is 9.34. The largest absolute Gasteiger partial charge is 1.00 e. The van der Waals surface area contributed by atoms with Gasteiger partial charge in [-0.05, 0) is 13.8 Å². The van der Waals surface area contributed by atoms with Gasteiger partial charge >= 0.3 is 0 Å². The molecule has 0 aliphatic carbocycles. The van der Waals surface area contributed by atoms with Gasteiger partial charge in [0.1, 0.15) is 6.54 Å². The summed E-state index contributed by atoms with van der Waals surface area (Å²) in [5, 5.41) is 0. The fourth-order valence-corrected chi connectivity index (χ4v) is 0.973. The van der Waals surface area contributed by atoms with Gasteiger partial charge in [-0.15, -0.1) is 0 Å². The monoisotopic (exact) mass is 255 g/mol. The molecule has 4 heteroatoms. The molecule has 3 nitrogen and oxygen atoms in total. The average Bonchev–Trinajstić information content (AvgIpc) is 1.84. The lowest BCUT2D eigenvalue weighted by Gasteiger charge is -2.28. The fraction of sp³-hybridized carbons (Fsp3) is 1.00. The fourth-order valence-electron chi connectivity index (χ4n) is 0.973. The molecule has 0 saturated heterocycles. The first kappa shape index (κ1) is 15.8. The third-order valence-corrected chi connectivity index (χ3v) is 1.40. The minimum Gasteiger partial charge on any atom is -1.00 e. The second-order valence-electron chi connectivity index (χ2n) is 3.81. The summed E-state index contributed by atoms with van der Waals surface area (Å²) in [7, 11) is 6.39. The van der Waals surface area contributed by atoms with E-state index in [1.807, 2.05) is 13.8 Å². The van der Waals surface area contributed by atoms with Crippen molar-refractivity contribution in [3.05, 3.63) is 0 Å². The number of likely N-dealkylation sites (N-methyl/N-ethyl adjacent to an activating group) is 1. The van der Waals surface area contributed by atoms with Crippen LogP contribution in [0.5, 0.6) is 0 Å². The Morgan fingerprint density at radius 2 is 1.38 bits per heavy atom. The van der Waals surface area contributed by atoms with Crippen molar-refractivity contribution in [3.8, 4) is 0 Å². The standard InChI is InChI=1S/C9H22NO2.BrH/c1-6-11-9(12-7-2)8-10(3,4)5;/h9H,6-8H2,1-5H3;1H/q+1;/p-1. The van der Waals surface area contributed by atoms with Crippen LogP contribution in [0, 0.1) is 0 Å². The highest BCUT2D eigenvalue weighted by atomic mass is 79.9. The lowest BCUT2D eigenvalue weighted by Crippen LogP contribution is -3.00. The van der Waals surface area contributed by atoms with E-state index in [-0.39, 0.29) is 23.3 Å². The predicted octanol–water partition coefficient (Wildman–Crippen LogP) is -1.90. The summed E-state index contributed by atoms with van der Waals surface area (Å²) < 4.78 is 11.7. The lowest BCUT2D eigenvalue weighted by atomic mass is 10.5. The van der Waals surface area contributed by atoms with Gasteiger partial charge in [0.15, 0.2) is 0 Å². The van der Waals surface area contributed by atoms with E-state index >= 15 is 0 Å². The minimum absolute atomic E-state index is 0. The van der Waals surface area contributed by atoms with Gasteiger partial charge in [0, 0.05) is 13.2 Å². The number of rotatable bonds is 6. The van der Waals surface area contributed by atoms with Crippen LogP contribution in [0.2, 0.25) is 0 Å². The summed E-state index contributed by atoms with van der Waals surface area (Å²) in [6.07, 6.45) is -0.0556. The van der Waals surface area contributed by atoms with Crippen LogP contribution in [0.25, 0.3) is 0 Å². The molecule has 0 aromatic rings. The van der Waals surface area contributed by atoms with Crippen LogP contribution in [-0.4, -0.2) is 51.7 Å². The van der Waals surface area contributed by atoms with Crippen molar-refractivity contribution in [2.45, 2.75) is 20.1 Å². The van der Waals surface area contributed by atoms with Gasteiger partial charge in [-0.2, -0.15) is 0 Å². The highest BCUT2D eigenvalue weighted by Crippen LogP contribution is 2.01. The van der Waals surface area contributed by atoms with E-state index in [1.165, 1.54) is 0 Å². The highest BCUT2D eigenvalue weighted by Gasteiger charge is 2.17. The van der Waals surface area contributed by atoms with Crippen LogP contribution in [-0.2, 0) is 9.47 Å². The molecule has 0 spiro atoms. The maximum atomic E-state index is 5.42. The zero-order chi connectivity index (χ0) is 9.61. The van der Waals surface area contributed by atoms with Crippen molar-refractivity contribution in [1.82, 2.24) is 0 Å². The molecule has 0 saturated carbocycles. The number of ether oxygens (including phenoxy) is 2. The van der Waals surface area contributed by atoms with E-state index in [2.05, 4.69) is 21.1 Å². The molecule has 0 amide bonds. The molecule has 13 heavy (non-hydrogen) atoms. The molecule has 82 valence electrons. The lowest BCUT2D eigenvalue weighted by molar-refractivity contribution is -0.876. The summed E-state index contributed by atoms with van der Waals surface area (Å²) in [6.45, 7) is 6.29. The first-order chi connectivity index (χ1) is 5.49. The number of halogens is 1. The zero-order valence-corrected chi connectivity index (χ0v) is 10.9. The summed E-state index contributed by atoms with van der Waals surface area (Å²) in [5.41, 5.74) is 0. The molecule has 0 N–H and O–H groups in total. The molecule has 0 aromatic carbocycles. The van der Waals surface area contributed by atoms with E-state index in [1.54, 1.807) is 0 Å². The first-order valence-electron chi connectivity index (χ1n) is 4.53. The van der Waals surface area contributed by atoms with Gasteiger partial charge in [0.25, 0.3) is 0 Å². The van der Waals surface area contributed by atoms with Gasteiger partial charge in [-0.1, -0.05) is 0 Å². The van der Waals surface area contributed by atoms with Crippen molar-refractivity contribution in [3.63, 3.8) is 0 Å². The smallest absolute Gasteiger partial charge is 0.207 e. The van der Waals surface area contributed by atoms with Gasteiger partial charge in [0.05, 0.1) is 21.1 Å². The molecular formula is C9H22BrNO2. The Kier molecular flexibility index (Phi) is 9.41. The van der Waals surface area contributed by atoms with Crippen molar-refractivity contribution in [1.29, 1.82) is 0 Å². The summed E-state index contributed by atoms with van der Waals surface area (Å²) in [4.78, 5) is 0. The van der Waals surface area contributed by atoms with Crippen LogP contribution >= 0.6 is 0 Å². The Bertz CT molecular complexity index is 109. The van der Waals surface area contributed by atoms with E-state index in [9.17, 15) is 0 Å². The third-order valence-electron chi connectivity index (χ3n) is 1.40. The molecular weight excluding hydrogens is 234 g/mol. The van der Waals surface area contributed by atoms with Crippen molar-refractivity contribution in [2.75, 3.05) is 40.9 Å². The maximum Gasteiger partial charge on any atom is 0.207 e. The Hall–Kier alpha value is 0.360. The molecule has 0 radical (unpaired) electrons. The normalized spacial score (nSPS) is 11.5. The van der Waals surface area contributed by atoms with Crippen molar-refractivity contribution < 1.29 is 30.9 Å². The van der Waals surface area contributed by atoms with Crippen LogP contribution in [0.4, 0.5) is 0 Å². The van der Waals surface area contributed by atoms with Gasteiger partial charge < -0.3 is 30.9 Å². The van der Waals surface area contributed by atoms with Crippen LogP contribution in [0.1, 0.15) is 13.8 Å². The maximum absolute atomic E-state index is 5.42.